The summed E-state index contributed by atoms with van der Waals surface area (Å²) < 4.78 is 10.5. The van der Waals surface area contributed by atoms with Crippen LogP contribution >= 0.6 is 11.6 Å². The molecular formula is C23H20ClNO4. The van der Waals surface area contributed by atoms with Crippen LogP contribution in [0.2, 0.25) is 5.02 Å². The Labute approximate surface area is 174 Å². The van der Waals surface area contributed by atoms with Gasteiger partial charge in [-0.05, 0) is 48.9 Å². The Kier molecular flexibility index (Phi) is 6.52. The lowest BCUT2D eigenvalue weighted by Crippen LogP contribution is -2.14. The molecular weight excluding hydrogens is 390 g/mol. The maximum absolute atomic E-state index is 12.7. The molecule has 6 heteroatoms. The van der Waals surface area contributed by atoms with Crippen molar-refractivity contribution in [2.45, 2.75) is 13.5 Å². The van der Waals surface area contributed by atoms with Gasteiger partial charge in [0.1, 0.15) is 12.4 Å². The monoisotopic (exact) mass is 409 g/mol. The van der Waals surface area contributed by atoms with Crippen molar-refractivity contribution in [3.8, 4) is 5.75 Å². The Morgan fingerprint density at radius 2 is 1.76 bits per heavy atom. The summed E-state index contributed by atoms with van der Waals surface area (Å²) >= 11 is 6.15. The number of hydrogen-bond donors (Lipinski definition) is 1. The van der Waals surface area contributed by atoms with E-state index in [0.717, 1.165) is 5.56 Å². The highest BCUT2D eigenvalue weighted by Gasteiger charge is 2.14. The van der Waals surface area contributed by atoms with Crippen LogP contribution in [-0.4, -0.2) is 19.0 Å². The van der Waals surface area contributed by atoms with E-state index in [1.807, 2.05) is 18.2 Å². The van der Waals surface area contributed by atoms with Gasteiger partial charge in [-0.25, -0.2) is 4.79 Å². The fourth-order valence-electron chi connectivity index (χ4n) is 2.80. The molecule has 0 spiro atoms. The van der Waals surface area contributed by atoms with Gasteiger partial charge < -0.3 is 14.8 Å². The van der Waals surface area contributed by atoms with Gasteiger partial charge in [0, 0.05) is 21.8 Å². The molecule has 0 aromatic heterocycles. The molecule has 3 aromatic carbocycles. The standard InChI is InChI=1S/C23H20ClNO4/c1-15-19(23(27)28-2)10-6-12-21(15)25-22(26)16-8-5-9-18(13-16)29-14-17-7-3-4-11-20(17)24/h3-13H,14H2,1-2H3,(H,25,26). The van der Waals surface area contributed by atoms with Crippen molar-refractivity contribution in [2.75, 3.05) is 12.4 Å². The first-order valence-corrected chi connectivity index (χ1v) is 9.33. The van der Waals surface area contributed by atoms with Crippen molar-refractivity contribution >= 4 is 29.2 Å². The lowest BCUT2D eigenvalue weighted by atomic mass is 10.1. The third kappa shape index (κ3) is 4.95. The molecule has 0 heterocycles. The second-order valence-electron chi connectivity index (χ2n) is 6.33. The molecule has 148 valence electrons. The molecule has 0 unspecified atom stereocenters. The van der Waals surface area contributed by atoms with Crippen molar-refractivity contribution in [1.29, 1.82) is 0 Å². The summed E-state index contributed by atoms with van der Waals surface area (Å²) in [4.78, 5) is 24.5. The van der Waals surface area contributed by atoms with E-state index in [0.29, 0.717) is 39.8 Å². The average molecular weight is 410 g/mol. The van der Waals surface area contributed by atoms with Gasteiger partial charge in [0.25, 0.3) is 5.91 Å². The van der Waals surface area contributed by atoms with E-state index >= 15 is 0 Å². The zero-order valence-corrected chi connectivity index (χ0v) is 16.8. The van der Waals surface area contributed by atoms with Crippen molar-refractivity contribution in [2.24, 2.45) is 0 Å². The Morgan fingerprint density at radius 3 is 2.52 bits per heavy atom. The third-order valence-electron chi connectivity index (χ3n) is 4.44. The first kappa shape index (κ1) is 20.4. The number of amides is 1. The lowest BCUT2D eigenvalue weighted by molar-refractivity contribution is 0.0599. The van der Waals surface area contributed by atoms with Crippen LogP contribution in [0.3, 0.4) is 0 Å². The minimum absolute atomic E-state index is 0.297. The molecule has 0 aliphatic carbocycles. The molecule has 0 fully saturated rings. The molecule has 0 saturated carbocycles. The van der Waals surface area contributed by atoms with Crippen LogP contribution in [0.25, 0.3) is 0 Å². The number of halogens is 1. The highest BCUT2D eigenvalue weighted by Crippen LogP contribution is 2.22. The highest BCUT2D eigenvalue weighted by molar-refractivity contribution is 6.31. The fourth-order valence-corrected chi connectivity index (χ4v) is 2.99. The maximum Gasteiger partial charge on any atom is 0.338 e. The van der Waals surface area contributed by atoms with Crippen molar-refractivity contribution in [1.82, 2.24) is 0 Å². The molecule has 0 bridgehead atoms. The summed E-state index contributed by atoms with van der Waals surface area (Å²) in [6.45, 7) is 2.05. The van der Waals surface area contributed by atoms with E-state index in [9.17, 15) is 9.59 Å². The third-order valence-corrected chi connectivity index (χ3v) is 4.80. The molecule has 5 nitrogen and oxygen atoms in total. The van der Waals surface area contributed by atoms with Gasteiger partial charge in [0.2, 0.25) is 0 Å². The first-order valence-electron chi connectivity index (χ1n) is 8.95. The maximum atomic E-state index is 12.7. The molecule has 1 amide bonds. The van der Waals surface area contributed by atoms with Crippen LogP contribution in [-0.2, 0) is 11.3 Å². The number of ether oxygens (including phenoxy) is 2. The number of esters is 1. The van der Waals surface area contributed by atoms with Gasteiger partial charge in [-0.3, -0.25) is 4.79 Å². The minimum atomic E-state index is -0.450. The minimum Gasteiger partial charge on any atom is -0.489 e. The Hall–Kier alpha value is -3.31. The molecule has 0 atom stereocenters. The van der Waals surface area contributed by atoms with E-state index in [2.05, 4.69) is 5.32 Å². The second kappa shape index (κ2) is 9.26. The largest absolute Gasteiger partial charge is 0.489 e. The molecule has 29 heavy (non-hydrogen) atoms. The topological polar surface area (TPSA) is 64.6 Å². The van der Waals surface area contributed by atoms with E-state index < -0.39 is 5.97 Å². The number of carbonyl (C=O) groups excluding carboxylic acids is 2. The lowest BCUT2D eigenvalue weighted by Gasteiger charge is -2.12. The number of hydrogen-bond acceptors (Lipinski definition) is 4. The van der Waals surface area contributed by atoms with E-state index in [-0.39, 0.29) is 5.91 Å². The second-order valence-corrected chi connectivity index (χ2v) is 6.74. The zero-order chi connectivity index (χ0) is 20.8. The van der Waals surface area contributed by atoms with Gasteiger partial charge in [-0.1, -0.05) is 41.9 Å². The normalized spacial score (nSPS) is 10.3. The number of anilines is 1. The van der Waals surface area contributed by atoms with Crippen LogP contribution < -0.4 is 10.1 Å². The SMILES string of the molecule is COC(=O)c1cccc(NC(=O)c2cccc(OCc3ccccc3Cl)c2)c1C. The van der Waals surface area contributed by atoms with Crippen molar-refractivity contribution in [3.63, 3.8) is 0 Å². The number of methoxy groups -OCH3 is 1. The van der Waals surface area contributed by atoms with Gasteiger partial charge in [0.15, 0.2) is 0 Å². The van der Waals surface area contributed by atoms with Gasteiger partial charge in [0.05, 0.1) is 12.7 Å². The number of benzene rings is 3. The van der Waals surface area contributed by atoms with E-state index in [4.69, 9.17) is 21.1 Å². The van der Waals surface area contributed by atoms with Crippen LogP contribution in [0.15, 0.2) is 66.7 Å². The Balaban J connectivity index is 1.73. The molecule has 0 radical (unpaired) electrons. The number of carbonyl (C=O) groups is 2. The summed E-state index contributed by atoms with van der Waals surface area (Å²) in [6, 6.07) is 19.4. The van der Waals surface area contributed by atoms with Crippen LogP contribution in [0.1, 0.15) is 31.8 Å². The summed E-state index contributed by atoms with van der Waals surface area (Å²) in [5.74, 6) is -0.204. The van der Waals surface area contributed by atoms with E-state index in [1.165, 1.54) is 7.11 Å². The van der Waals surface area contributed by atoms with Crippen molar-refractivity contribution in [3.05, 3.63) is 94.0 Å². The Bertz CT molecular complexity index is 1050. The smallest absolute Gasteiger partial charge is 0.338 e. The van der Waals surface area contributed by atoms with Gasteiger partial charge in [-0.2, -0.15) is 0 Å². The predicted molar refractivity (Wildman–Crippen MR) is 113 cm³/mol. The highest BCUT2D eigenvalue weighted by atomic mass is 35.5. The fraction of sp³-hybridized carbons (Fsp3) is 0.130. The van der Waals surface area contributed by atoms with Crippen LogP contribution in [0.5, 0.6) is 5.75 Å². The predicted octanol–water partition coefficient (Wildman–Crippen LogP) is 5.27. The number of rotatable bonds is 6. The van der Waals surface area contributed by atoms with Gasteiger partial charge >= 0.3 is 5.97 Å². The summed E-state index contributed by atoms with van der Waals surface area (Å²) in [5, 5.41) is 3.46. The summed E-state index contributed by atoms with van der Waals surface area (Å²) in [7, 11) is 1.32. The quantitative estimate of drug-likeness (QED) is 0.563. The summed E-state index contributed by atoms with van der Waals surface area (Å²) in [6.07, 6.45) is 0. The molecule has 3 aromatic rings. The number of nitrogens with one attached hydrogen (secondary N) is 1. The molecule has 0 saturated heterocycles. The van der Waals surface area contributed by atoms with Gasteiger partial charge in [-0.15, -0.1) is 0 Å². The summed E-state index contributed by atoms with van der Waals surface area (Å²) in [5.41, 5.74) is 2.88. The van der Waals surface area contributed by atoms with Crippen LogP contribution in [0.4, 0.5) is 5.69 Å². The zero-order valence-electron chi connectivity index (χ0n) is 16.1. The Morgan fingerprint density at radius 1 is 1.00 bits per heavy atom. The first-order chi connectivity index (χ1) is 14.0. The van der Waals surface area contributed by atoms with Crippen LogP contribution in [0, 0.1) is 6.92 Å². The molecule has 1 N–H and O–H groups in total. The van der Waals surface area contributed by atoms with E-state index in [1.54, 1.807) is 55.5 Å². The molecule has 3 rings (SSSR count). The average Bonchev–Trinajstić information content (AvgIpc) is 2.74. The molecule has 0 aliphatic rings. The molecule has 0 aliphatic heterocycles. The van der Waals surface area contributed by atoms with Crippen molar-refractivity contribution < 1.29 is 19.1 Å².